The number of aryl methyl sites for hydroxylation is 1. The molecule has 1 aromatic carbocycles. The minimum absolute atomic E-state index is 0.750. The van der Waals surface area contributed by atoms with E-state index in [2.05, 4.69) is 31.2 Å². The van der Waals surface area contributed by atoms with Gasteiger partial charge in [0.05, 0.1) is 6.61 Å². The molecule has 1 saturated carbocycles. The summed E-state index contributed by atoms with van der Waals surface area (Å²) >= 11 is 0. The predicted octanol–water partition coefficient (Wildman–Crippen LogP) is 5.62. The fraction of sp³-hybridized carbons (Fsp3) is 0.684. The molecule has 1 nitrogen and oxygen atoms in total. The van der Waals surface area contributed by atoms with E-state index in [0.29, 0.717) is 0 Å². The van der Waals surface area contributed by atoms with Crippen molar-refractivity contribution in [1.29, 1.82) is 0 Å². The third-order valence-electron chi connectivity index (χ3n) is 4.74. The Kier molecular flexibility index (Phi) is 6.42. The van der Waals surface area contributed by atoms with E-state index < -0.39 is 0 Å². The van der Waals surface area contributed by atoms with Gasteiger partial charge in [-0.25, -0.2) is 0 Å². The van der Waals surface area contributed by atoms with Crippen LogP contribution in [0.15, 0.2) is 24.3 Å². The molecule has 0 bridgehead atoms. The second-order valence-electron chi connectivity index (χ2n) is 6.29. The molecule has 0 aromatic heterocycles. The first-order chi connectivity index (χ1) is 9.81. The van der Waals surface area contributed by atoms with Gasteiger partial charge in [-0.15, -0.1) is 0 Å². The molecule has 1 heteroatoms. The molecule has 0 aliphatic heterocycles. The Labute approximate surface area is 124 Å². The monoisotopic (exact) mass is 274 g/mol. The molecule has 0 N–H and O–H groups in total. The summed E-state index contributed by atoms with van der Waals surface area (Å²) < 4.78 is 5.49. The molecule has 0 heterocycles. The van der Waals surface area contributed by atoms with E-state index in [1.165, 1.54) is 56.9 Å². The topological polar surface area (TPSA) is 9.23 Å². The van der Waals surface area contributed by atoms with Crippen LogP contribution in [0.25, 0.3) is 0 Å². The average Bonchev–Trinajstić information content (AvgIpc) is 2.49. The van der Waals surface area contributed by atoms with Crippen LogP contribution >= 0.6 is 0 Å². The zero-order valence-electron chi connectivity index (χ0n) is 13.2. The molecule has 0 amide bonds. The Morgan fingerprint density at radius 2 is 1.50 bits per heavy atom. The van der Waals surface area contributed by atoms with Crippen LogP contribution in [0, 0.1) is 11.8 Å². The first-order valence-electron chi connectivity index (χ1n) is 8.53. The van der Waals surface area contributed by atoms with E-state index in [1.807, 2.05) is 6.92 Å². The molecule has 0 saturated heterocycles. The Morgan fingerprint density at radius 1 is 0.900 bits per heavy atom. The largest absolute Gasteiger partial charge is 0.494 e. The fourth-order valence-corrected chi connectivity index (χ4v) is 3.51. The normalized spacial score (nSPS) is 22.7. The molecule has 0 spiro atoms. The van der Waals surface area contributed by atoms with Gasteiger partial charge in [-0.3, -0.25) is 0 Å². The van der Waals surface area contributed by atoms with E-state index >= 15 is 0 Å². The van der Waals surface area contributed by atoms with Gasteiger partial charge in [0, 0.05) is 0 Å². The lowest BCUT2D eigenvalue weighted by Crippen LogP contribution is -2.15. The number of hydrogen-bond acceptors (Lipinski definition) is 1. The summed E-state index contributed by atoms with van der Waals surface area (Å²) in [4.78, 5) is 0. The van der Waals surface area contributed by atoms with Gasteiger partial charge in [0.25, 0.3) is 0 Å². The Balaban J connectivity index is 1.70. The van der Waals surface area contributed by atoms with Crippen LogP contribution in [-0.4, -0.2) is 6.61 Å². The van der Waals surface area contributed by atoms with Crippen molar-refractivity contribution in [2.45, 2.75) is 65.2 Å². The van der Waals surface area contributed by atoms with Crippen molar-refractivity contribution in [2.24, 2.45) is 11.8 Å². The second-order valence-corrected chi connectivity index (χ2v) is 6.29. The van der Waals surface area contributed by atoms with Gasteiger partial charge in [0.2, 0.25) is 0 Å². The molecular weight excluding hydrogens is 244 g/mol. The standard InChI is InChI=1S/C19H30O/c1-3-5-16-6-8-17(9-7-16)10-11-18-12-14-19(15-13-18)20-4-2/h12-17H,3-11H2,1-2H3. The van der Waals surface area contributed by atoms with E-state index in [1.54, 1.807) is 0 Å². The van der Waals surface area contributed by atoms with E-state index in [-0.39, 0.29) is 0 Å². The average molecular weight is 274 g/mol. The second kappa shape index (κ2) is 8.34. The molecule has 1 fully saturated rings. The molecule has 2 rings (SSSR count). The summed E-state index contributed by atoms with van der Waals surface area (Å²) in [6.45, 7) is 5.10. The molecule has 0 atom stereocenters. The summed E-state index contributed by atoms with van der Waals surface area (Å²) in [6, 6.07) is 8.68. The third-order valence-corrected chi connectivity index (χ3v) is 4.74. The maximum Gasteiger partial charge on any atom is 0.119 e. The molecular formula is C19H30O. The van der Waals surface area contributed by atoms with Crippen molar-refractivity contribution in [3.8, 4) is 5.75 Å². The lowest BCUT2D eigenvalue weighted by Gasteiger charge is -2.28. The van der Waals surface area contributed by atoms with E-state index in [0.717, 1.165) is 24.2 Å². The lowest BCUT2D eigenvalue weighted by molar-refractivity contribution is 0.252. The zero-order chi connectivity index (χ0) is 14.2. The summed E-state index contributed by atoms with van der Waals surface area (Å²) in [6.07, 6.45) is 11.3. The minimum Gasteiger partial charge on any atom is -0.494 e. The molecule has 112 valence electrons. The number of hydrogen-bond donors (Lipinski definition) is 0. The van der Waals surface area contributed by atoms with Gasteiger partial charge in [0.15, 0.2) is 0 Å². The van der Waals surface area contributed by atoms with E-state index in [4.69, 9.17) is 4.74 Å². The fourth-order valence-electron chi connectivity index (χ4n) is 3.51. The minimum atomic E-state index is 0.750. The molecule has 0 unspecified atom stereocenters. The van der Waals surface area contributed by atoms with Gasteiger partial charge in [-0.2, -0.15) is 0 Å². The van der Waals surface area contributed by atoms with Crippen LogP contribution in [-0.2, 0) is 6.42 Å². The predicted molar refractivity (Wildman–Crippen MR) is 86.3 cm³/mol. The van der Waals surface area contributed by atoms with Gasteiger partial charge in [0.1, 0.15) is 5.75 Å². The van der Waals surface area contributed by atoms with Crippen LogP contribution in [0.2, 0.25) is 0 Å². The SMILES string of the molecule is CCCC1CCC(CCc2ccc(OCC)cc2)CC1. The number of ether oxygens (including phenoxy) is 1. The smallest absolute Gasteiger partial charge is 0.119 e. The summed E-state index contributed by atoms with van der Waals surface area (Å²) in [5, 5.41) is 0. The third kappa shape index (κ3) is 4.85. The van der Waals surface area contributed by atoms with Gasteiger partial charge in [-0.1, -0.05) is 57.6 Å². The van der Waals surface area contributed by atoms with Crippen LogP contribution in [0.5, 0.6) is 5.75 Å². The Morgan fingerprint density at radius 3 is 2.05 bits per heavy atom. The number of rotatable bonds is 7. The van der Waals surface area contributed by atoms with Crippen LogP contribution < -0.4 is 4.74 Å². The molecule has 20 heavy (non-hydrogen) atoms. The summed E-state index contributed by atoms with van der Waals surface area (Å²) in [7, 11) is 0. The quantitative estimate of drug-likeness (QED) is 0.626. The summed E-state index contributed by atoms with van der Waals surface area (Å²) in [5.74, 6) is 2.99. The Bertz CT molecular complexity index is 360. The molecule has 1 aliphatic rings. The van der Waals surface area contributed by atoms with Crippen molar-refractivity contribution >= 4 is 0 Å². The van der Waals surface area contributed by atoms with Gasteiger partial charge >= 0.3 is 0 Å². The highest BCUT2D eigenvalue weighted by Gasteiger charge is 2.20. The first kappa shape index (κ1) is 15.4. The van der Waals surface area contributed by atoms with Crippen molar-refractivity contribution in [1.82, 2.24) is 0 Å². The highest BCUT2D eigenvalue weighted by atomic mass is 16.5. The van der Waals surface area contributed by atoms with Crippen LogP contribution in [0.4, 0.5) is 0 Å². The molecule has 1 aromatic rings. The maximum absolute atomic E-state index is 5.49. The maximum atomic E-state index is 5.49. The number of benzene rings is 1. The molecule has 0 radical (unpaired) electrons. The highest BCUT2D eigenvalue weighted by molar-refractivity contribution is 5.27. The van der Waals surface area contributed by atoms with Crippen LogP contribution in [0.3, 0.4) is 0 Å². The van der Waals surface area contributed by atoms with Crippen molar-refractivity contribution in [3.05, 3.63) is 29.8 Å². The highest BCUT2D eigenvalue weighted by Crippen LogP contribution is 2.33. The first-order valence-corrected chi connectivity index (χ1v) is 8.53. The van der Waals surface area contributed by atoms with Gasteiger partial charge < -0.3 is 4.74 Å². The van der Waals surface area contributed by atoms with Crippen LogP contribution in [0.1, 0.15) is 64.4 Å². The molecule has 1 aliphatic carbocycles. The Hall–Kier alpha value is -0.980. The lowest BCUT2D eigenvalue weighted by atomic mass is 9.78. The van der Waals surface area contributed by atoms with Crippen molar-refractivity contribution in [2.75, 3.05) is 6.61 Å². The van der Waals surface area contributed by atoms with Crippen molar-refractivity contribution < 1.29 is 4.74 Å². The van der Waals surface area contributed by atoms with Gasteiger partial charge in [-0.05, 0) is 49.3 Å². The van der Waals surface area contributed by atoms with Crippen molar-refractivity contribution in [3.63, 3.8) is 0 Å². The summed E-state index contributed by atoms with van der Waals surface area (Å²) in [5.41, 5.74) is 1.46. The zero-order valence-corrected chi connectivity index (χ0v) is 13.2. The van der Waals surface area contributed by atoms with E-state index in [9.17, 15) is 0 Å².